The number of fused-ring (bicyclic) bond motifs is 1. The highest BCUT2D eigenvalue weighted by molar-refractivity contribution is 5.92. The van der Waals surface area contributed by atoms with Crippen LogP contribution in [0.25, 0.3) is 0 Å². The molecule has 0 spiro atoms. The molecule has 3 aromatic rings. The lowest BCUT2D eigenvalue weighted by Gasteiger charge is -2.21. The van der Waals surface area contributed by atoms with Crippen LogP contribution in [0.1, 0.15) is 40.3 Å². The zero-order valence-electron chi connectivity index (χ0n) is 17.1. The van der Waals surface area contributed by atoms with Gasteiger partial charge in [-0.3, -0.25) is 9.69 Å². The molecule has 5 rings (SSSR count). The molecule has 1 aromatic heterocycles. The molecule has 1 amide bonds. The molecular formula is C23H21F2N3O4. The average molecular weight is 441 g/mol. The molecule has 2 aromatic carbocycles. The maximum atomic E-state index is 14.3. The summed E-state index contributed by atoms with van der Waals surface area (Å²) in [7, 11) is 0. The average Bonchev–Trinajstić information content (AvgIpc) is 3.25. The van der Waals surface area contributed by atoms with Gasteiger partial charge in [0.2, 0.25) is 12.7 Å². The van der Waals surface area contributed by atoms with E-state index in [4.69, 9.17) is 13.9 Å². The minimum Gasteiger partial charge on any atom is -0.454 e. The molecule has 1 aliphatic heterocycles. The summed E-state index contributed by atoms with van der Waals surface area (Å²) < 4.78 is 43.9. The van der Waals surface area contributed by atoms with Crippen molar-refractivity contribution in [3.8, 4) is 11.5 Å². The van der Waals surface area contributed by atoms with Gasteiger partial charge in [0.05, 0.1) is 6.54 Å². The Morgan fingerprint density at radius 3 is 2.72 bits per heavy atom. The first-order chi connectivity index (χ1) is 15.5. The van der Waals surface area contributed by atoms with Crippen LogP contribution in [0.4, 0.5) is 8.78 Å². The Morgan fingerprint density at radius 2 is 1.91 bits per heavy atom. The van der Waals surface area contributed by atoms with Crippen LogP contribution in [0.15, 0.2) is 47.1 Å². The van der Waals surface area contributed by atoms with Crippen molar-refractivity contribution < 1.29 is 27.5 Å². The van der Waals surface area contributed by atoms with E-state index in [1.54, 1.807) is 0 Å². The van der Waals surface area contributed by atoms with Crippen molar-refractivity contribution in [2.45, 2.75) is 38.5 Å². The molecule has 0 saturated heterocycles. The topological polar surface area (TPSA) is 76.8 Å². The number of halogens is 2. The van der Waals surface area contributed by atoms with Gasteiger partial charge in [-0.05, 0) is 36.6 Å². The van der Waals surface area contributed by atoms with Gasteiger partial charge in [-0.15, -0.1) is 0 Å². The van der Waals surface area contributed by atoms with Gasteiger partial charge < -0.3 is 19.2 Å². The molecule has 1 aliphatic carbocycles. The predicted octanol–water partition coefficient (Wildman–Crippen LogP) is 3.78. The van der Waals surface area contributed by atoms with E-state index in [1.807, 2.05) is 23.1 Å². The smallest absolute Gasteiger partial charge is 0.273 e. The monoisotopic (exact) mass is 441 g/mol. The second-order valence-corrected chi connectivity index (χ2v) is 7.94. The van der Waals surface area contributed by atoms with E-state index in [2.05, 4.69) is 10.3 Å². The summed E-state index contributed by atoms with van der Waals surface area (Å²) in [5.41, 5.74) is 1.46. The van der Waals surface area contributed by atoms with Crippen LogP contribution in [0.5, 0.6) is 11.5 Å². The van der Waals surface area contributed by atoms with Gasteiger partial charge in [-0.25, -0.2) is 13.8 Å². The Morgan fingerprint density at radius 1 is 1.06 bits per heavy atom. The van der Waals surface area contributed by atoms with E-state index in [-0.39, 0.29) is 37.5 Å². The number of ether oxygens (including phenoxy) is 2. The maximum absolute atomic E-state index is 14.3. The van der Waals surface area contributed by atoms with Crippen molar-refractivity contribution in [2.75, 3.05) is 6.79 Å². The second kappa shape index (κ2) is 8.58. The van der Waals surface area contributed by atoms with Gasteiger partial charge in [0.1, 0.15) is 17.9 Å². The second-order valence-electron chi connectivity index (χ2n) is 7.94. The molecule has 32 heavy (non-hydrogen) atoms. The first-order valence-electron chi connectivity index (χ1n) is 10.3. The van der Waals surface area contributed by atoms with Crippen molar-refractivity contribution in [3.05, 3.63) is 77.0 Å². The predicted molar refractivity (Wildman–Crippen MR) is 109 cm³/mol. The normalized spacial score (nSPS) is 14.7. The minimum atomic E-state index is -0.632. The number of carbonyl (C=O) groups is 1. The fourth-order valence-corrected chi connectivity index (χ4v) is 3.52. The lowest BCUT2D eigenvalue weighted by Crippen LogP contribution is -2.26. The van der Waals surface area contributed by atoms with Crippen LogP contribution in [-0.2, 0) is 19.6 Å². The van der Waals surface area contributed by atoms with Crippen molar-refractivity contribution in [2.24, 2.45) is 0 Å². The van der Waals surface area contributed by atoms with Crippen LogP contribution in [0, 0.1) is 11.6 Å². The largest absolute Gasteiger partial charge is 0.454 e. The first-order valence-corrected chi connectivity index (χ1v) is 10.3. The quantitative estimate of drug-likeness (QED) is 0.574. The number of hydrogen-bond acceptors (Lipinski definition) is 6. The van der Waals surface area contributed by atoms with Gasteiger partial charge in [0, 0.05) is 30.8 Å². The number of rotatable bonds is 8. The molecule has 1 fully saturated rings. The highest BCUT2D eigenvalue weighted by atomic mass is 19.1. The number of nitrogens with one attached hydrogen (secondary N) is 1. The molecule has 0 unspecified atom stereocenters. The van der Waals surface area contributed by atoms with Crippen LogP contribution in [0.2, 0.25) is 0 Å². The summed E-state index contributed by atoms with van der Waals surface area (Å²) >= 11 is 0. The standard InChI is InChI=1S/C23H21F2N3O4/c24-16-3-2-15(18(25)8-16)10-28(9-14-1-6-20-21(7-14)32-13-31-20)11-22-27-19(12-30-22)23(29)26-17-4-5-17/h1-3,6-8,12,17H,4-5,9-11,13H2,(H,26,29). The third kappa shape index (κ3) is 4.72. The number of hydrogen-bond donors (Lipinski definition) is 1. The van der Waals surface area contributed by atoms with E-state index in [9.17, 15) is 13.6 Å². The Balaban J connectivity index is 1.35. The molecule has 0 bridgehead atoms. The highest BCUT2D eigenvalue weighted by Crippen LogP contribution is 2.33. The maximum Gasteiger partial charge on any atom is 0.273 e. The van der Waals surface area contributed by atoms with E-state index in [0.717, 1.165) is 24.5 Å². The number of nitrogens with zero attached hydrogens (tertiary/aromatic N) is 2. The highest BCUT2D eigenvalue weighted by Gasteiger charge is 2.25. The first kappa shape index (κ1) is 20.4. The molecule has 2 aliphatic rings. The Hall–Kier alpha value is -3.46. The lowest BCUT2D eigenvalue weighted by molar-refractivity contribution is 0.0946. The summed E-state index contributed by atoms with van der Waals surface area (Å²) in [5, 5.41) is 2.87. The zero-order valence-corrected chi connectivity index (χ0v) is 17.1. The number of aromatic nitrogens is 1. The third-order valence-corrected chi connectivity index (χ3v) is 5.31. The molecule has 1 N–H and O–H groups in total. The van der Waals surface area contributed by atoms with E-state index in [0.29, 0.717) is 29.5 Å². The Labute approximate surface area is 182 Å². The summed E-state index contributed by atoms with van der Waals surface area (Å²) in [5.74, 6) is 0.114. The van der Waals surface area contributed by atoms with Gasteiger partial charge in [0.25, 0.3) is 5.91 Å². The van der Waals surface area contributed by atoms with Gasteiger partial charge in [-0.2, -0.15) is 0 Å². The van der Waals surface area contributed by atoms with Gasteiger partial charge in [0.15, 0.2) is 17.2 Å². The van der Waals surface area contributed by atoms with Crippen LogP contribution < -0.4 is 14.8 Å². The van der Waals surface area contributed by atoms with Crippen LogP contribution in [0.3, 0.4) is 0 Å². The lowest BCUT2D eigenvalue weighted by atomic mass is 10.1. The third-order valence-electron chi connectivity index (χ3n) is 5.31. The van der Waals surface area contributed by atoms with E-state index in [1.165, 1.54) is 18.4 Å². The fourth-order valence-electron chi connectivity index (χ4n) is 3.52. The number of oxazole rings is 1. The van der Waals surface area contributed by atoms with Gasteiger partial charge >= 0.3 is 0 Å². The van der Waals surface area contributed by atoms with Gasteiger partial charge in [-0.1, -0.05) is 12.1 Å². The molecule has 0 atom stereocenters. The van der Waals surface area contributed by atoms with Crippen molar-refractivity contribution in [1.29, 1.82) is 0 Å². The number of amides is 1. The molecule has 0 radical (unpaired) electrons. The molecule has 9 heteroatoms. The van der Waals surface area contributed by atoms with Crippen LogP contribution in [-0.4, -0.2) is 28.6 Å². The Bertz CT molecular complexity index is 1150. The SMILES string of the molecule is O=C(NC1CC1)c1coc(CN(Cc2ccc3c(c2)OCO3)Cc2ccc(F)cc2F)n1. The number of carbonyl (C=O) groups excluding carboxylic acids is 1. The summed E-state index contributed by atoms with van der Waals surface area (Å²) in [6.45, 7) is 0.999. The van der Waals surface area contributed by atoms with Crippen molar-refractivity contribution >= 4 is 5.91 Å². The number of benzene rings is 2. The molecular weight excluding hydrogens is 420 g/mol. The summed E-state index contributed by atoms with van der Waals surface area (Å²) in [4.78, 5) is 18.4. The molecule has 166 valence electrons. The summed E-state index contributed by atoms with van der Waals surface area (Å²) in [6, 6.07) is 9.29. The fraction of sp³-hybridized carbons (Fsp3) is 0.304. The van der Waals surface area contributed by atoms with Crippen molar-refractivity contribution in [3.63, 3.8) is 0 Å². The molecule has 2 heterocycles. The summed E-state index contributed by atoms with van der Waals surface area (Å²) in [6.07, 6.45) is 3.27. The van der Waals surface area contributed by atoms with E-state index < -0.39 is 11.6 Å². The van der Waals surface area contributed by atoms with E-state index >= 15 is 0 Å². The molecule has 7 nitrogen and oxygen atoms in total. The van der Waals surface area contributed by atoms with Crippen LogP contribution >= 0.6 is 0 Å². The minimum absolute atomic E-state index is 0.172. The zero-order chi connectivity index (χ0) is 22.1. The Kier molecular flexibility index (Phi) is 5.48. The van der Waals surface area contributed by atoms with Crippen molar-refractivity contribution in [1.82, 2.24) is 15.2 Å². The molecule has 1 saturated carbocycles.